The molecule has 1 aromatic heterocycles. The normalized spacial score (nSPS) is 11.2. The molecule has 7 heteroatoms. The molecule has 98 valence electrons. The minimum absolute atomic E-state index is 0.132. The van der Waals surface area contributed by atoms with Crippen LogP contribution in [0.25, 0.3) is 0 Å². The standard InChI is InChI=1S/C11H16N4O2S/c1-3-13-11-10(6-4-8-14-11)18(16,17)15(2)9-5-7-12/h4,6,8H,3,5,9H2,1-2H3,(H,13,14). The first-order valence-corrected chi connectivity index (χ1v) is 7.00. The Morgan fingerprint density at radius 1 is 1.56 bits per heavy atom. The lowest BCUT2D eigenvalue weighted by Crippen LogP contribution is -2.28. The van der Waals surface area contributed by atoms with Gasteiger partial charge in [0.1, 0.15) is 10.7 Å². The van der Waals surface area contributed by atoms with Gasteiger partial charge < -0.3 is 5.32 Å². The van der Waals surface area contributed by atoms with Crippen LogP contribution in [0.4, 0.5) is 5.82 Å². The van der Waals surface area contributed by atoms with Crippen LogP contribution in [0.1, 0.15) is 13.3 Å². The van der Waals surface area contributed by atoms with E-state index in [9.17, 15) is 8.42 Å². The second-order valence-electron chi connectivity index (χ2n) is 3.62. The Balaban J connectivity index is 3.08. The van der Waals surface area contributed by atoms with Gasteiger partial charge in [-0.1, -0.05) is 0 Å². The number of nitrogens with zero attached hydrogens (tertiary/aromatic N) is 3. The zero-order chi connectivity index (χ0) is 13.6. The zero-order valence-electron chi connectivity index (χ0n) is 10.4. The summed E-state index contributed by atoms with van der Waals surface area (Å²) in [6.45, 7) is 2.62. The third-order valence-corrected chi connectivity index (χ3v) is 4.23. The number of pyridine rings is 1. The van der Waals surface area contributed by atoms with Crippen molar-refractivity contribution in [3.8, 4) is 6.07 Å². The van der Waals surface area contributed by atoms with E-state index in [0.29, 0.717) is 12.4 Å². The van der Waals surface area contributed by atoms with Crippen molar-refractivity contribution in [1.29, 1.82) is 5.26 Å². The number of rotatable bonds is 6. The number of nitrogens with one attached hydrogen (secondary N) is 1. The molecule has 1 N–H and O–H groups in total. The van der Waals surface area contributed by atoms with E-state index < -0.39 is 10.0 Å². The van der Waals surface area contributed by atoms with Crippen LogP contribution in [-0.4, -0.2) is 37.8 Å². The molecular formula is C11H16N4O2S. The summed E-state index contributed by atoms with van der Waals surface area (Å²) in [4.78, 5) is 4.15. The molecule has 0 atom stereocenters. The Bertz CT molecular complexity index is 536. The molecule has 0 spiro atoms. The van der Waals surface area contributed by atoms with Crippen LogP contribution in [0.3, 0.4) is 0 Å². The van der Waals surface area contributed by atoms with Gasteiger partial charge in [0.25, 0.3) is 0 Å². The van der Waals surface area contributed by atoms with Crippen LogP contribution < -0.4 is 5.32 Å². The SMILES string of the molecule is CCNc1ncccc1S(=O)(=O)N(C)CCC#N. The van der Waals surface area contributed by atoms with Crippen molar-refractivity contribution in [2.75, 3.05) is 25.5 Å². The lowest BCUT2D eigenvalue weighted by Gasteiger charge is -2.17. The van der Waals surface area contributed by atoms with Gasteiger partial charge in [-0.3, -0.25) is 0 Å². The minimum Gasteiger partial charge on any atom is -0.369 e. The second kappa shape index (κ2) is 6.33. The molecule has 6 nitrogen and oxygen atoms in total. The van der Waals surface area contributed by atoms with Crippen molar-refractivity contribution in [2.24, 2.45) is 0 Å². The van der Waals surface area contributed by atoms with E-state index in [4.69, 9.17) is 5.26 Å². The molecule has 0 saturated heterocycles. The second-order valence-corrected chi connectivity index (χ2v) is 5.63. The lowest BCUT2D eigenvalue weighted by molar-refractivity contribution is 0.476. The molecule has 0 aliphatic carbocycles. The van der Waals surface area contributed by atoms with E-state index in [0.717, 1.165) is 4.31 Å². The molecule has 0 aliphatic rings. The fraction of sp³-hybridized carbons (Fsp3) is 0.455. The number of anilines is 1. The molecule has 0 aromatic carbocycles. The molecule has 0 unspecified atom stereocenters. The van der Waals surface area contributed by atoms with Gasteiger partial charge in [-0.2, -0.15) is 9.57 Å². The lowest BCUT2D eigenvalue weighted by atomic mass is 10.4. The van der Waals surface area contributed by atoms with E-state index in [1.807, 2.05) is 13.0 Å². The van der Waals surface area contributed by atoms with Crippen molar-refractivity contribution >= 4 is 15.8 Å². The summed E-state index contributed by atoms with van der Waals surface area (Å²) >= 11 is 0. The van der Waals surface area contributed by atoms with Gasteiger partial charge in [-0.15, -0.1) is 0 Å². The van der Waals surface area contributed by atoms with E-state index in [1.165, 1.54) is 19.3 Å². The molecule has 0 amide bonds. The summed E-state index contributed by atoms with van der Waals surface area (Å²) in [7, 11) is -2.15. The molecule has 0 saturated carbocycles. The van der Waals surface area contributed by atoms with Crippen LogP contribution in [-0.2, 0) is 10.0 Å². The number of nitriles is 1. The molecule has 1 heterocycles. The highest BCUT2D eigenvalue weighted by atomic mass is 32.2. The van der Waals surface area contributed by atoms with Crippen molar-refractivity contribution in [1.82, 2.24) is 9.29 Å². The fourth-order valence-electron chi connectivity index (χ4n) is 1.39. The van der Waals surface area contributed by atoms with Crippen LogP contribution in [0.5, 0.6) is 0 Å². The third-order valence-electron chi connectivity index (χ3n) is 2.34. The van der Waals surface area contributed by atoms with Crippen LogP contribution >= 0.6 is 0 Å². The monoisotopic (exact) mass is 268 g/mol. The minimum atomic E-state index is -3.61. The smallest absolute Gasteiger partial charge is 0.246 e. The predicted molar refractivity (Wildman–Crippen MR) is 68.4 cm³/mol. The maximum atomic E-state index is 12.3. The predicted octanol–water partition coefficient (Wildman–Crippen LogP) is 1.05. The highest BCUT2D eigenvalue weighted by Gasteiger charge is 2.23. The zero-order valence-corrected chi connectivity index (χ0v) is 11.2. The Hall–Kier alpha value is -1.65. The molecular weight excluding hydrogens is 252 g/mol. The van der Waals surface area contributed by atoms with Gasteiger partial charge >= 0.3 is 0 Å². The molecule has 0 aliphatic heterocycles. The van der Waals surface area contributed by atoms with Gasteiger partial charge in [0, 0.05) is 32.8 Å². The Morgan fingerprint density at radius 2 is 2.28 bits per heavy atom. The Labute approximate surface area is 107 Å². The van der Waals surface area contributed by atoms with Crippen LogP contribution in [0, 0.1) is 11.3 Å². The van der Waals surface area contributed by atoms with Gasteiger partial charge in [0.05, 0.1) is 6.07 Å². The van der Waals surface area contributed by atoms with Gasteiger partial charge in [0.2, 0.25) is 10.0 Å². The van der Waals surface area contributed by atoms with Crippen molar-refractivity contribution in [3.63, 3.8) is 0 Å². The highest BCUT2D eigenvalue weighted by molar-refractivity contribution is 7.89. The third kappa shape index (κ3) is 3.18. The Kier molecular flexibility index (Phi) is 5.07. The highest BCUT2D eigenvalue weighted by Crippen LogP contribution is 2.21. The summed E-state index contributed by atoms with van der Waals surface area (Å²) in [6, 6.07) is 5.00. The average Bonchev–Trinajstić information content (AvgIpc) is 2.36. The molecule has 0 bridgehead atoms. The molecule has 1 aromatic rings. The topological polar surface area (TPSA) is 86.1 Å². The van der Waals surface area contributed by atoms with Gasteiger partial charge in [-0.05, 0) is 19.1 Å². The van der Waals surface area contributed by atoms with E-state index in [-0.39, 0.29) is 17.9 Å². The van der Waals surface area contributed by atoms with Gasteiger partial charge in [-0.25, -0.2) is 13.4 Å². The largest absolute Gasteiger partial charge is 0.369 e. The first-order chi connectivity index (χ1) is 8.54. The fourth-order valence-corrected chi connectivity index (χ4v) is 2.68. The summed E-state index contributed by atoms with van der Waals surface area (Å²) in [6.07, 6.45) is 1.69. The maximum Gasteiger partial charge on any atom is 0.246 e. The number of sulfonamides is 1. The van der Waals surface area contributed by atoms with Crippen molar-refractivity contribution in [2.45, 2.75) is 18.2 Å². The first kappa shape index (κ1) is 14.4. The summed E-state index contributed by atoms with van der Waals surface area (Å²) in [5, 5.41) is 11.4. The van der Waals surface area contributed by atoms with E-state index in [2.05, 4.69) is 10.3 Å². The summed E-state index contributed by atoms with van der Waals surface area (Å²) < 4.78 is 25.7. The molecule has 18 heavy (non-hydrogen) atoms. The van der Waals surface area contributed by atoms with E-state index in [1.54, 1.807) is 6.07 Å². The maximum absolute atomic E-state index is 12.3. The van der Waals surface area contributed by atoms with Crippen molar-refractivity contribution in [3.05, 3.63) is 18.3 Å². The average molecular weight is 268 g/mol. The number of hydrogen-bond donors (Lipinski definition) is 1. The Morgan fingerprint density at radius 3 is 2.89 bits per heavy atom. The molecule has 0 radical (unpaired) electrons. The molecule has 0 fully saturated rings. The summed E-state index contributed by atoms with van der Waals surface area (Å²) in [5.74, 6) is 0.337. The van der Waals surface area contributed by atoms with Crippen molar-refractivity contribution < 1.29 is 8.42 Å². The van der Waals surface area contributed by atoms with E-state index >= 15 is 0 Å². The summed E-state index contributed by atoms with van der Waals surface area (Å²) in [5.41, 5.74) is 0. The van der Waals surface area contributed by atoms with Crippen LogP contribution in [0.15, 0.2) is 23.2 Å². The van der Waals surface area contributed by atoms with Crippen LogP contribution in [0.2, 0.25) is 0 Å². The number of hydrogen-bond acceptors (Lipinski definition) is 5. The quantitative estimate of drug-likeness (QED) is 0.833. The first-order valence-electron chi connectivity index (χ1n) is 5.56. The van der Waals surface area contributed by atoms with Gasteiger partial charge in [0.15, 0.2) is 0 Å². The molecule has 1 rings (SSSR count). The number of aromatic nitrogens is 1.